The third-order valence-corrected chi connectivity index (χ3v) is 5.28. The zero-order valence-electron chi connectivity index (χ0n) is 11.0. The second kappa shape index (κ2) is 5.90. The van der Waals surface area contributed by atoms with E-state index in [0.29, 0.717) is 18.7 Å². The lowest BCUT2D eigenvalue weighted by Gasteiger charge is -2.26. The molecule has 0 saturated carbocycles. The van der Waals surface area contributed by atoms with Crippen LogP contribution in [0.5, 0.6) is 5.75 Å². The number of piperidine rings is 1. The minimum Gasteiger partial charge on any atom is -0.495 e. The molecule has 0 aliphatic carbocycles. The van der Waals surface area contributed by atoms with Crippen molar-refractivity contribution in [1.82, 2.24) is 4.31 Å². The lowest BCUT2D eigenvalue weighted by atomic mass is 10.2. The van der Waals surface area contributed by atoms with E-state index in [9.17, 15) is 8.42 Å². The number of methoxy groups -OCH3 is 1. The number of nitrogens with zero attached hydrogens (tertiary/aromatic N) is 1. The number of benzene rings is 1. The van der Waals surface area contributed by atoms with Gasteiger partial charge in [0.05, 0.1) is 13.7 Å². The van der Waals surface area contributed by atoms with E-state index in [2.05, 4.69) is 0 Å². The van der Waals surface area contributed by atoms with Crippen LogP contribution in [0.1, 0.15) is 24.8 Å². The average molecular weight is 285 g/mol. The summed E-state index contributed by atoms with van der Waals surface area (Å²) in [5.74, 6) is 0.289. The van der Waals surface area contributed by atoms with E-state index in [1.807, 2.05) is 0 Å². The van der Waals surface area contributed by atoms with Crippen molar-refractivity contribution in [3.05, 3.63) is 23.8 Å². The van der Waals surface area contributed by atoms with Gasteiger partial charge in [0.15, 0.2) is 0 Å². The van der Waals surface area contributed by atoms with E-state index < -0.39 is 10.0 Å². The molecule has 106 valence electrons. The number of hydrogen-bond acceptors (Lipinski definition) is 4. The molecule has 1 N–H and O–H groups in total. The summed E-state index contributed by atoms with van der Waals surface area (Å²) in [6, 6.07) is 4.69. The molecule has 0 amide bonds. The molecule has 1 aliphatic heterocycles. The molecule has 0 aromatic heterocycles. The van der Waals surface area contributed by atoms with Gasteiger partial charge < -0.3 is 9.84 Å². The fourth-order valence-corrected chi connectivity index (χ4v) is 3.92. The van der Waals surface area contributed by atoms with Crippen LogP contribution in [0.3, 0.4) is 0 Å². The minimum atomic E-state index is -3.50. The molecule has 1 fully saturated rings. The van der Waals surface area contributed by atoms with E-state index >= 15 is 0 Å². The smallest absolute Gasteiger partial charge is 0.246 e. The quantitative estimate of drug-likeness (QED) is 0.907. The van der Waals surface area contributed by atoms with Crippen molar-refractivity contribution >= 4 is 10.0 Å². The summed E-state index contributed by atoms with van der Waals surface area (Å²) in [5.41, 5.74) is 0.634. The predicted octanol–water partition coefficient (Wildman–Crippen LogP) is 1.36. The molecule has 0 atom stereocenters. The van der Waals surface area contributed by atoms with E-state index in [4.69, 9.17) is 9.84 Å². The van der Waals surface area contributed by atoms with Crippen molar-refractivity contribution in [3.8, 4) is 5.75 Å². The zero-order valence-corrected chi connectivity index (χ0v) is 11.8. The number of aliphatic hydroxyl groups excluding tert-OH is 1. The average Bonchev–Trinajstić information content (AvgIpc) is 2.47. The second-order valence-electron chi connectivity index (χ2n) is 4.61. The summed E-state index contributed by atoms with van der Waals surface area (Å²) in [5, 5.41) is 9.08. The molecule has 1 aromatic carbocycles. The summed E-state index contributed by atoms with van der Waals surface area (Å²) in [7, 11) is -2.07. The molecule has 0 bridgehead atoms. The predicted molar refractivity (Wildman–Crippen MR) is 71.5 cm³/mol. The van der Waals surface area contributed by atoms with Gasteiger partial charge in [-0.2, -0.15) is 4.31 Å². The van der Waals surface area contributed by atoms with Crippen molar-refractivity contribution in [1.29, 1.82) is 0 Å². The Kier molecular flexibility index (Phi) is 4.44. The van der Waals surface area contributed by atoms with Gasteiger partial charge in [-0.3, -0.25) is 0 Å². The maximum Gasteiger partial charge on any atom is 0.246 e. The third kappa shape index (κ3) is 2.91. The van der Waals surface area contributed by atoms with Crippen LogP contribution in [-0.2, 0) is 16.6 Å². The Bertz CT molecular complexity index is 536. The minimum absolute atomic E-state index is 0.138. The number of hydrogen-bond donors (Lipinski definition) is 1. The highest BCUT2D eigenvalue weighted by Crippen LogP contribution is 2.29. The molecule has 6 heteroatoms. The van der Waals surface area contributed by atoms with Crippen LogP contribution >= 0.6 is 0 Å². The van der Waals surface area contributed by atoms with E-state index in [1.54, 1.807) is 12.1 Å². The Morgan fingerprint density at radius 1 is 1.26 bits per heavy atom. The first kappa shape index (κ1) is 14.3. The highest BCUT2D eigenvalue weighted by atomic mass is 32.2. The molecular formula is C13H19NO4S. The van der Waals surface area contributed by atoms with Gasteiger partial charge in [-0.05, 0) is 30.5 Å². The fraction of sp³-hybridized carbons (Fsp3) is 0.538. The highest BCUT2D eigenvalue weighted by molar-refractivity contribution is 7.89. The Morgan fingerprint density at radius 2 is 1.95 bits per heavy atom. The lowest BCUT2D eigenvalue weighted by Crippen LogP contribution is -2.35. The van der Waals surface area contributed by atoms with Crippen LogP contribution in [0.15, 0.2) is 23.1 Å². The maximum atomic E-state index is 12.5. The fourth-order valence-electron chi connectivity index (χ4n) is 2.27. The maximum absolute atomic E-state index is 12.5. The molecule has 1 saturated heterocycles. The van der Waals surface area contributed by atoms with Gasteiger partial charge >= 0.3 is 0 Å². The van der Waals surface area contributed by atoms with Crippen LogP contribution in [0.2, 0.25) is 0 Å². The van der Waals surface area contributed by atoms with Crippen molar-refractivity contribution in [2.45, 2.75) is 30.8 Å². The Morgan fingerprint density at radius 3 is 2.53 bits per heavy atom. The summed E-state index contributed by atoms with van der Waals surface area (Å²) >= 11 is 0. The Balaban J connectivity index is 2.39. The second-order valence-corrected chi connectivity index (χ2v) is 6.51. The van der Waals surface area contributed by atoms with Crippen molar-refractivity contribution < 1.29 is 18.3 Å². The van der Waals surface area contributed by atoms with Gasteiger partial charge in [-0.1, -0.05) is 12.5 Å². The van der Waals surface area contributed by atoms with Gasteiger partial charge in [0, 0.05) is 13.1 Å². The summed E-state index contributed by atoms with van der Waals surface area (Å²) in [4.78, 5) is 0.175. The highest BCUT2D eigenvalue weighted by Gasteiger charge is 2.28. The van der Waals surface area contributed by atoms with Gasteiger partial charge in [0.2, 0.25) is 10.0 Å². The molecule has 5 nitrogen and oxygen atoms in total. The normalized spacial score (nSPS) is 17.4. The number of sulfonamides is 1. The van der Waals surface area contributed by atoms with E-state index in [-0.39, 0.29) is 17.3 Å². The van der Waals surface area contributed by atoms with E-state index in [0.717, 1.165) is 19.3 Å². The third-order valence-electron chi connectivity index (χ3n) is 3.34. The molecule has 1 aliphatic rings. The largest absolute Gasteiger partial charge is 0.495 e. The number of ether oxygens (including phenoxy) is 1. The van der Waals surface area contributed by atoms with Crippen LogP contribution < -0.4 is 4.74 Å². The molecule has 0 radical (unpaired) electrons. The first-order chi connectivity index (χ1) is 9.09. The van der Waals surface area contributed by atoms with Gasteiger partial charge in [-0.15, -0.1) is 0 Å². The molecule has 19 heavy (non-hydrogen) atoms. The summed E-state index contributed by atoms with van der Waals surface area (Å²) < 4.78 is 31.8. The molecule has 2 rings (SSSR count). The van der Waals surface area contributed by atoms with Crippen LogP contribution in [0.4, 0.5) is 0 Å². The lowest BCUT2D eigenvalue weighted by molar-refractivity contribution is 0.280. The summed E-state index contributed by atoms with van der Waals surface area (Å²) in [6.45, 7) is 0.987. The zero-order chi connectivity index (χ0) is 13.9. The van der Waals surface area contributed by atoms with Crippen molar-refractivity contribution in [2.75, 3.05) is 20.2 Å². The van der Waals surface area contributed by atoms with Crippen molar-refractivity contribution in [3.63, 3.8) is 0 Å². The molecule has 1 heterocycles. The van der Waals surface area contributed by atoms with Gasteiger partial charge in [0.25, 0.3) is 0 Å². The molecule has 0 spiro atoms. The Hall–Kier alpha value is -1.11. The van der Waals surface area contributed by atoms with Crippen molar-refractivity contribution in [2.24, 2.45) is 0 Å². The molecule has 0 unspecified atom stereocenters. The van der Waals surface area contributed by atoms with Gasteiger partial charge in [0.1, 0.15) is 10.6 Å². The standard InChI is InChI=1S/C13H19NO4S/c1-18-12-9-11(10-15)5-6-13(12)19(16,17)14-7-3-2-4-8-14/h5-6,9,15H,2-4,7-8,10H2,1H3. The number of aliphatic hydroxyl groups is 1. The SMILES string of the molecule is COc1cc(CO)ccc1S(=O)(=O)N1CCCCC1. The first-order valence-corrected chi connectivity index (χ1v) is 7.81. The van der Waals surface area contributed by atoms with Gasteiger partial charge in [-0.25, -0.2) is 8.42 Å². The molecular weight excluding hydrogens is 266 g/mol. The number of rotatable bonds is 4. The topological polar surface area (TPSA) is 66.8 Å². The van der Waals surface area contributed by atoms with Crippen LogP contribution in [-0.4, -0.2) is 38.0 Å². The van der Waals surface area contributed by atoms with Crippen LogP contribution in [0.25, 0.3) is 0 Å². The Labute approximate surface area is 113 Å². The molecule has 1 aromatic rings. The summed E-state index contributed by atoms with van der Waals surface area (Å²) in [6.07, 6.45) is 2.87. The van der Waals surface area contributed by atoms with E-state index in [1.165, 1.54) is 17.5 Å². The first-order valence-electron chi connectivity index (χ1n) is 6.37. The van der Waals surface area contributed by atoms with Crippen LogP contribution in [0, 0.1) is 0 Å². The monoisotopic (exact) mass is 285 g/mol.